The van der Waals surface area contributed by atoms with Crippen LogP contribution >= 0.6 is 11.6 Å². The van der Waals surface area contributed by atoms with Crippen LogP contribution in [0.5, 0.6) is 0 Å². The zero-order chi connectivity index (χ0) is 10.9. The minimum absolute atomic E-state index is 0.158. The van der Waals surface area contributed by atoms with Crippen LogP contribution < -0.4 is 5.73 Å². The Kier molecular flexibility index (Phi) is 3.53. The summed E-state index contributed by atoms with van der Waals surface area (Å²) in [7, 11) is 0. The van der Waals surface area contributed by atoms with Gasteiger partial charge in [-0.05, 0) is 20.8 Å². The summed E-state index contributed by atoms with van der Waals surface area (Å²) in [4.78, 5) is 0. The fourth-order valence-corrected chi connectivity index (χ4v) is 1.53. The number of rotatable bonds is 3. The molecule has 0 aromatic carbocycles. The number of nitrogens with two attached hydrogens (primary N) is 1. The zero-order valence-electron chi connectivity index (χ0n) is 8.61. The summed E-state index contributed by atoms with van der Waals surface area (Å²) in [6.07, 6.45) is 0.759. The molecule has 0 bridgehead atoms. The lowest BCUT2D eigenvalue weighted by atomic mass is 10.1. The van der Waals surface area contributed by atoms with E-state index in [1.165, 1.54) is 6.20 Å². The van der Waals surface area contributed by atoms with E-state index in [0.717, 1.165) is 0 Å². The molecule has 0 aliphatic carbocycles. The Balaban J connectivity index is 3.10. The lowest BCUT2D eigenvalue weighted by Gasteiger charge is -2.18. The third-order valence-corrected chi connectivity index (χ3v) is 2.35. The van der Waals surface area contributed by atoms with Gasteiger partial charge in [0, 0.05) is 12.1 Å². The summed E-state index contributed by atoms with van der Waals surface area (Å²) in [5.41, 5.74) is 6.21. The van der Waals surface area contributed by atoms with Gasteiger partial charge in [0.05, 0.1) is 16.9 Å². The SMILES string of the molecule is CC(N)C(O)c1c(Cl)cnn1C(C)C. The number of aromatic nitrogens is 2. The van der Waals surface area contributed by atoms with E-state index in [-0.39, 0.29) is 12.1 Å². The quantitative estimate of drug-likeness (QED) is 0.807. The van der Waals surface area contributed by atoms with Gasteiger partial charge < -0.3 is 10.8 Å². The third-order valence-electron chi connectivity index (χ3n) is 2.05. The summed E-state index contributed by atoms with van der Waals surface area (Å²) in [6.45, 7) is 5.68. The van der Waals surface area contributed by atoms with E-state index in [1.807, 2.05) is 13.8 Å². The van der Waals surface area contributed by atoms with Crippen LogP contribution in [-0.2, 0) is 0 Å². The van der Waals surface area contributed by atoms with Crippen LogP contribution in [0.3, 0.4) is 0 Å². The Morgan fingerprint density at radius 2 is 2.07 bits per heavy atom. The third kappa shape index (κ3) is 2.08. The monoisotopic (exact) mass is 217 g/mol. The van der Waals surface area contributed by atoms with Crippen molar-refractivity contribution in [2.75, 3.05) is 0 Å². The fraction of sp³-hybridized carbons (Fsp3) is 0.667. The van der Waals surface area contributed by atoms with E-state index in [0.29, 0.717) is 10.7 Å². The number of hydrogen-bond donors (Lipinski definition) is 2. The summed E-state index contributed by atoms with van der Waals surface area (Å²) in [5, 5.41) is 14.4. The van der Waals surface area contributed by atoms with Crippen molar-refractivity contribution in [1.29, 1.82) is 0 Å². The van der Waals surface area contributed by atoms with Crippen LogP contribution in [0.4, 0.5) is 0 Å². The molecule has 0 saturated heterocycles. The largest absolute Gasteiger partial charge is 0.385 e. The van der Waals surface area contributed by atoms with E-state index in [9.17, 15) is 5.11 Å². The fourth-order valence-electron chi connectivity index (χ4n) is 1.29. The molecule has 80 valence electrons. The first-order chi connectivity index (χ1) is 6.45. The highest BCUT2D eigenvalue weighted by Crippen LogP contribution is 2.26. The smallest absolute Gasteiger partial charge is 0.112 e. The van der Waals surface area contributed by atoms with E-state index in [2.05, 4.69) is 5.10 Å². The summed E-state index contributed by atoms with van der Waals surface area (Å²) < 4.78 is 1.69. The molecule has 0 saturated carbocycles. The lowest BCUT2D eigenvalue weighted by molar-refractivity contribution is 0.141. The number of halogens is 1. The Morgan fingerprint density at radius 1 is 1.50 bits per heavy atom. The van der Waals surface area contributed by atoms with E-state index < -0.39 is 6.10 Å². The number of aliphatic hydroxyl groups excluding tert-OH is 1. The first-order valence-electron chi connectivity index (χ1n) is 4.61. The maximum absolute atomic E-state index is 9.83. The van der Waals surface area contributed by atoms with Crippen LogP contribution in [0, 0.1) is 0 Å². The zero-order valence-corrected chi connectivity index (χ0v) is 9.36. The maximum atomic E-state index is 9.83. The second-order valence-corrected chi connectivity index (χ2v) is 4.13. The topological polar surface area (TPSA) is 64.1 Å². The van der Waals surface area contributed by atoms with Crippen molar-refractivity contribution in [2.24, 2.45) is 5.73 Å². The second kappa shape index (κ2) is 4.29. The molecule has 2 unspecified atom stereocenters. The number of nitrogens with zero attached hydrogens (tertiary/aromatic N) is 2. The minimum Gasteiger partial charge on any atom is -0.385 e. The molecule has 0 radical (unpaired) electrons. The standard InChI is InChI=1S/C9H16ClN3O/c1-5(2)13-8(7(10)4-12-13)9(14)6(3)11/h4-6,9,14H,11H2,1-3H3. The van der Waals surface area contributed by atoms with E-state index >= 15 is 0 Å². The molecule has 1 rings (SSSR count). The molecular formula is C9H16ClN3O. The second-order valence-electron chi connectivity index (χ2n) is 3.72. The highest BCUT2D eigenvalue weighted by molar-refractivity contribution is 6.31. The van der Waals surface area contributed by atoms with Gasteiger partial charge in [-0.15, -0.1) is 0 Å². The van der Waals surface area contributed by atoms with Gasteiger partial charge in [0.1, 0.15) is 6.10 Å². The van der Waals surface area contributed by atoms with E-state index in [1.54, 1.807) is 11.6 Å². The van der Waals surface area contributed by atoms with Crippen molar-refractivity contribution in [3.8, 4) is 0 Å². The van der Waals surface area contributed by atoms with Crippen molar-refractivity contribution >= 4 is 11.6 Å². The molecule has 0 aliphatic heterocycles. The predicted molar refractivity (Wildman–Crippen MR) is 56.2 cm³/mol. The average Bonchev–Trinajstić information content (AvgIpc) is 2.45. The Morgan fingerprint density at radius 3 is 2.50 bits per heavy atom. The summed E-state index contributed by atoms with van der Waals surface area (Å²) in [6, 6.07) is -0.201. The van der Waals surface area contributed by atoms with Gasteiger partial charge in [-0.2, -0.15) is 5.10 Å². The van der Waals surface area contributed by atoms with Gasteiger partial charge in [0.25, 0.3) is 0 Å². The molecule has 1 heterocycles. The predicted octanol–water partition coefficient (Wildman–Crippen LogP) is 1.50. The minimum atomic E-state index is -0.771. The first kappa shape index (κ1) is 11.5. The van der Waals surface area contributed by atoms with Crippen LogP contribution in [-0.4, -0.2) is 20.9 Å². The molecule has 1 aromatic heterocycles. The summed E-state index contributed by atoms with van der Waals surface area (Å²) in [5.74, 6) is 0. The Bertz CT molecular complexity index is 309. The molecule has 0 amide bonds. The lowest BCUT2D eigenvalue weighted by Crippen LogP contribution is -2.27. The normalized spacial score (nSPS) is 15.9. The molecule has 1 aromatic rings. The van der Waals surface area contributed by atoms with Crippen molar-refractivity contribution in [2.45, 2.75) is 39.0 Å². The Hall–Kier alpha value is -0.580. The van der Waals surface area contributed by atoms with Gasteiger partial charge in [-0.25, -0.2) is 0 Å². The van der Waals surface area contributed by atoms with Gasteiger partial charge >= 0.3 is 0 Å². The van der Waals surface area contributed by atoms with Gasteiger partial charge in [0.15, 0.2) is 0 Å². The van der Waals surface area contributed by atoms with Crippen LogP contribution in [0.25, 0.3) is 0 Å². The highest BCUT2D eigenvalue weighted by atomic mass is 35.5. The molecule has 2 atom stereocenters. The van der Waals surface area contributed by atoms with Crippen LogP contribution in [0.1, 0.15) is 38.6 Å². The first-order valence-corrected chi connectivity index (χ1v) is 4.99. The molecule has 14 heavy (non-hydrogen) atoms. The van der Waals surface area contributed by atoms with Crippen LogP contribution in [0.15, 0.2) is 6.20 Å². The molecule has 0 aliphatic rings. The molecule has 0 fully saturated rings. The van der Waals surface area contributed by atoms with Crippen LogP contribution in [0.2, 0.25) is 5.02 Å². The molecule has 4 nitrogen and oxygen atoms in total. The molecular weight excluding hydrogens is 202 g/mol. The molecule has 5 heteroatoms. The van der Waals surface area contributed by atoms with Crippen molar-refractivity contribution in [3.63, 3.8) is 0 Å². The summed E-state index contributed by atoms with van der Waals surface area (Å²) >= 11 is 5.93. The average molecular weight is 218 g/mol. The highest BCUT2D eigenvalue weighted by Gasteiger charge is 2.22. The molecule has 0 spiro atoms. The van der Waals surface area contributed by atoms with E-state index in [4.69, 9.17) is 17.3 Å². The van der Waals surface area contributed by atoms with Gasteiger partial charge in [-0.1, -0.05) is 11.6 Å². The number of hydrogen-bond acceptors (Lipinski definition) is 3. The van der Waals surface area contributed by atoms with Crippen molar-refractivity contribution < 1.29 is 5.11 Å². The van der Waals surface area contributed by atoms with Gasteiger partial charge in [0.2, 0.25) is 0 Å². The Labute approximate surface area is 88.7 Å². The van der Waals surface area contributed by atoms with Gasteiger partial charge in [-0.3, -0.25) is 4.68 Å². The van der Waals surface area contributed by atoms with Crippen molar-refractivity contribution in [3.05, 3.63) is 16.9 Å². The number of aliphatic hydroxyl groups is 1. The maximum Gasteiger partial charge on any atom is 0.112 e. The molecule has 3 N–H and O–H groups in total. The van der Waals surface area contributed by atoms with Crippen molar-refractivity contribution in [1.82, 2.24) is 9.78 Å².